The third-order valence-electron chi connectivity index (χ3n) is 13.3. The number of aryl methyl sites for hydroxylation is 2. The molecular formula is C45H62ClN7O3. The number of piperazine rings is 1. The van der Waals surface area contributed by atoms with Gasteiger partial charge in [-0.05, 0) is 130 Å². The van der Waals surface area contributed by atoms with E-state index in [1.54, 1.807) is 16.0 Å². The van der Waals surface area contributed by atoms with Crippen LogP contribution in [0.1, 0.15) is 97.1 Å². The van der Waals surface area contributed by atoms with Gasteiger partial charge in [-0.15, -0.1) is 0 Å². The Labute approximate surface area is 339 Å². The average molecular weight is 784 g/mol. The smallest absolute Gasteiger partial charge is 0.274 e. The second-order valence-electron chi connectivity index (χ2n) is 17.2. The molecule has 3 fully saturated rings. The molecule has 3 amide bonds. The lowest BCUT2D eigenvalue weighted by Crippen LogP contribution is -2.57. The van der Waals surface area contributed by atoms with Gasteiger partial charge in [0.05, 0.1) is 11.9 Å². The summed E-state index contributed by atoms with van der Waals surface area (Å²) < 4.78 is 0. The fourth-order valence-corrected chi connectivity index (χ4v) is 9.76. The number of amides is 3. The maximum atomic E-state index is 14.5. The van der Waals surface area contributed by atoms with E-state index in [4.69, 9.17) is 11.6 Å². The van der Waals surface area contributed by atoms with Gasteiger partial charge in [0, 0.05) is 73.4 Å². The van der Waals surface area contributed by atoms with Crippen LogP contribution in [0.2, 0.25) is 5.02 Å². The molecule has 0 unspecified atom stereocenters. The lowest BCUT2D eigenvalue weighted by Gasteiger charge is -2.52. The van der Waals surface area contributed by atoms with Gasteiger partial charge in [0.1, 0.15) is 5.69 Å². The molecule has 3 aliphatic rings. The molecule has 1 aliphatic heterocycles. The van der Waals surface area contributed by atoms with Crippen molar-refractivity contribution in [3.8, 4) is 0 Å². The first-order valence-electron chi connectivity index (χ1n) is 20.6. The Kier molecular flexibility index (Phi) is 13.5. The van der Waals surface area contributed by atoms with Crippen LogP contribution in [-0.4, -0.2) is 130 Å². The van der Waals surface area contributed by atoms with Crippen molar-refractivity contribution in [2.45, 2.75) is 114 Å². The van der Waals surface area contributed by atoms with Crippen LogP contribution < -0.4 is 0 Å². The zero-order valence-corrected chi connectivity index (χ0v) is 35.2. The zero-order valence-electron chi connectivity index (χ0n) is 34.5. The fraction of sp³-hybridized carbons (Fsp3) is 0.578. The van der Waals surface area contributed by atoms with Crippen molar-refractivity contribution in [1.82, 2.24) is 34.5 Å². The number of benzene rings is 2. The highest BCUT2D eigenvalue weighted by Gasteiger charge is 2.45. The van der Waals surface area contributed by atoms with E-state index in [1.165, 1.54) is 22.9 Å². The van der Waals surface area contributed by atoms with Gasteiger partial charge in [0.15, 0.2) is 0 Å². The molecule has 0 N–H and O–H groups in total. The minimum absolute atomic E-state index is 0.0118. The highest BCUT2D eigenvalue weighted by Crippen LogP contribution is 2.42. The van der Waals surface area contributed by atoms with Crippen LogP contribution in [0.5, 0.6) is 0 Å². The summed E-state index contributed by atoms with van der Waals surface area (Å²) in [5.41, 5.74) is 4.97. The first-order valence-corrected chi connectivity index (χ1v) is 21.0. The Morgan fingerprint density at radius 1 is 0.714 bits per heavy atom. The molecule has 10 nitrogen and oxygen atoms in total. The molecule has 0 atom stereocenters. The Morgan fingerprint density at radius 3 is 1.79 bits per heavy atom. The first kappa shape index (κ1) is 41.8. The second-order valence-corrected chi connectivity index (χ2v) is 17.6. The second kappa shape index (κ2) is 18.2. The summed E-state index contributed by atoms with van der Waals surface area (Å²) in [4.78, 5) is 60.2. The SMILES string of the molecule is Cc1ccc(CC2(N(C)C)CCC(N(C(=O)CCC(=O)N3CCN(C(=O)c4cnc(C)cn4)CC3)C3CCC(Cc4cccc(Cl)c4)(N(C)C)CC3)CC2)cc1. The lowest BCUT2D eigenvalue weighted by molar-refractivity contribution is -0.143. The maximum absolute atomic E-state index is 14.5. The molecule has 0 bridgehead atoms. The van der Waals surface area contributed by atoms with Crippen molar-refractivity contribution in [3.63, 3.8) is 0 Å². The summed E-state index contributed by atoms with van der Waals surface area (Å²) >= 11 is 6.40. The number of likely N-dealkylation sites (N-methyl/N-ethyl adjacent to an activating group) is 2. The van der Waals surface area contributed by atoms with Gasteiger partial charge < -0.3 is 24.5 Å². The normalized spacial score (nSPS) is 24.4. The van der Waals surface area contributed by atoms with Gasteiger partial charge >= 0.3 is 0 Å². The van der Waals surface area contributed by atoms with Crippen LogP contribution in [0.3, 0.4) is 0 Å². The topological polar surface area (TPSA) is 93.2 Å². The molecule has 2 aliphatic carbocycles. The molecule has 2 heterocycles. The van der Waals surface area contributed by atoms with Crippen LogP contribution in [0.25, 0.3) is 0 Å². The average Bonchev–Trinajstić information content (AvgIpc) is 3.19. The van der Waals surface area contributed by atoms with Crippen LogP contribution in [0.4, 0.5) is 0 Å². The van der Waals surface area contributed by atoms with Gasteiger partial charge in [-0.3, -0.25) is 19.4 Å². The van der Waals surface area contributed by atoms with Crippen LogP contribution >= 0.6 is 11.6 Å². The van der Waals surface area contributed by atoms with E-state index < -0.39 is 0 Å². The van der Waals surface area contributed by atoms with Gasteiger partial charge in [0.25, 0.3) is 5.91 Å². The number of hydrogen-bond acceptors (Lipinski definition) is 7. The molecule has 56 heavy (non-hydrogen) atoms. The number of halogens is 1. The van der Waals surface area contributed by atoms with E-state index in [2.05, 4.69) is 96.2 Å². The minimum atomic E-state index is -0.168. The van der Waals surface area contributed by atoms with Gasteiger partial charge in [-0.25, -0.2) is 4.98 Å². The summed E-state index contributed by atoms with van der Waals surface area (Å²) in [6, 6.07) is 17.4. The molecular weight excluding hydrogens is 722 g/mol. The Bertz CT molecular complexity index is 1790. The molecule has 0 spiro atoms. The van der Waals surface area contributed by atoms with Gasteiger partial charge in [-0.1, -0.05) is 53.6 Å². The predicted octanol–water partition coefficient (Wildman–Crippen LogP) is 6.61. The number of aromatic nitrogens is 2. The summed E-state index contributed by atoms with van der Waals surface area (Å²) in [7, 11) is 8.78. The van der Waals surface area contributed by atoms with E-state index in [-0.39, 0.29) is 53.7 Å². The molecule has 2 saturated carbocycles. The molecule has 0 radical (unpaired) electrons. The number of nitrogens with zero attached hydrogens (tertiary/aromatic N) is 7. The Hall–Kier alpha value is -3.86. The van der Waals surface area contributed by atoms with E-state index in [0.717, 1.165) is 74.9 Å². The lowest BCUT2D eigenvalue weighted by atomic mass is 9.72. The third kappa shape index (κ3) is 9.80. The van der Waals surface area contributed by atoms with Crippen molar-refractivity contribution >= 4 is 29.3 Å². The van der Waals surface area contributed by atoms with Crippen molar-refractivity contribution in [2.24, 2.45) is 0 Å². The number of rotatable bonds is 12. The molecule has 1 aromatic heterocycles. The van der Waals surface area contributed by atoms with Gasteiger partial charge in [-0.2, -0.15) is 0 Å². The van der Waals surface area contributed by atoms with E-state index >= 15 is 0 Å². The monoisotopic (exact) mass is 783 g/mol. The summed E-state index contributed by atoms with van der Waals surface area (Å²) in [6.45, 7) is 5.72. The Morgan fingerprint density at radius 2 is 1.27 bits per heavy atom. The molecule has 11 heteroatoms. The third-order valence-corrected chi connectivity index (χ3v) is 13.5. The molecule has 302 valence electrons. The minimum Gasteiger partial charge on any atom is -0.339 e. The molecule has 1 saturated heterocycles. The highest BCUT2D eigenvalue weighted by molar-refractivity contribution is 6.30. The van der Waals surface area contributed by atoms with E-state index in [9.17, 15) is 14.4 Å². The zero-order chi connectivity index (χ0) is 40.0. The number of carbonyl (C=O) groups excluding carboxylic acids is 3. The van der Waals surface area contributed by atoms with E-state index in [1.807, 2.05) is 19.1 Å². The highest BCUT2D eigenvalue weighted by atomic mass is 35.5. The van der Waals surface area contributed by atoms with Crippen LogP contribution in [-0.2, 0) is 22.4 Å². The van der Waals surface area contributed by atoms with Crippen molar-refractivity contribution in [2.75, 3.05) is 54.4 Å². The van der Waals surface area contributed by atoms with Crippen molar-refractivity contribution in [1.29, 1.82) is 0 Å². The summed E-state index contributed by atoms with van der Waals surface area (Å²) in [5, 5.41) is 0.761. The maximum Gasteiger partial charge on any atom is 0.274 e. The van der Waals surface area contributed by atoms with Crippen LogP contribution in [0, 0.1) is 13.8 Å². The number of carbonyl (C=O) groups is 3. The van der Waals surface area contributed by atoms with Gasteiger partial charge in [0.2, 0.25) is 11.8 Å². The predicted molar refractivity (Wildman–Crippen MR) is 223 cm³/mol. The quantitative estimate of drug-likeness (QED) is 0.204. The summed E-state index contributed by atoms with van der Waals surface area (Å²) in [6.07, 6.45) is 13.1. The molecule has 6 rings (SSSR count). The standard InChI is InChI=1S/C45H62ClN7O3/c1-33-10-12-35(13-11-33)29-44(49(3)4)20-16-38(17-21-44)53(39-18-22-45(23-19-39,50(5)6)30-36-8-7-9-37(46)28-36)42(55)15-14-41(54)51-24-26-52(27-25-51)43(56)40-32-47-34(2)31-48-40/h7-13,28,31-32,38-39H,14-27,29-30H2,1-6H3. The van der Waals surface area contributed by atoms with Crippen LogP contribution in [0.15, 0.2) is 60.9 Å². The fourth-order valence-electron chi connectivity index (χ4n) is 9.54. The van der Waals surface area contributed by atoms with Crippen molar-refractivity contribution < 1.29 is 14.4 Å². The number of hydrogen-bond donors (Lipinski definition) is 0. The summed E-state index contributed by atoms with van der Waals surface area (Å²) in [5.74, 6) is -0.0905. The largest absolute Gasteiger partial charge is 0.339 e. The van der Waals surface area contributed by atoms with Crippen molar-refractivity contribution in [3.05, 3.63) is 94.0 Å². The molecule has 2 aromatic carbocycles. The Balaban J connectivity index is 1.13. The molecule has 3 aromatic rings. The van der Waals surface area contributed by atoms with E-state index in [0.29, 0.717) is 31.9 Å². The first-order chi connectivity index (χ1) is 26.8.